The number of rotatable bonds is 3. The summed E-state index contributed by atoms with van der Waals surface area (Å²) >= 11 is 1.47. The second-order valence-corrected chi connectivity index (χ2v) is 3.18. The number of thiophene rings is 1. The summed E-state index contributed by atoms with van der Waals surface area (Å²) in [7, 11) is 0. The molecule has 0 atom stereocenters. The number of amides is 1. The monoisotopic (exact) mass is 171 g/mol. The Morgan fingerprint density at radius 1 is 1.82 bits per heavy atom. The van der Waals surface area contributed by atoms with E-state index in [0.717, 1.165) is 17.8 Å². The van der Waals surface area contributed by atoms with Gasteiger partial charge in [-0.1, -0.05) is 13.0 Å². The van der Waals surface area contributed by atoms with E-state index in [4.69, 9.17) is 0 Å². The van der Waals surface area contributed by atoms with E-state index < -0.39 is 0 Å². The maximum Gasteiger partial charge on any atom is 0.261 e. The first-order valence-corrected chi connectivity index (χ1v) is 4.54. The lowest BCUT2D eigenvalue weighted by Crippen LogP contribution is -2.22. The van der Waals surface area contributed by atoms with Gasteiger partial charge in [0.1, 0.15) is 0 Å². The smallest absolute Gasteiger partial charge is 0.261 e. The Labute approximate surface area is 71.7 Å². The lowest BCUT2D eigenvalue weighted by molar-refractivity contribution is 0.0957. The third kappa shape index (κ3) is 2.35. The molecule has 0 fully saturated rings. The van der Waals surface area contributed by atoms with Crippen molar-refractivity contribution < 1.29 is 6.22 Å². The third-order valence-corrected chi connectivity index (χ3v) is 2.15. The third-order valence-electron chi connectivity index (χ3n) is 1.28. The second kappa shape index (κ2) is 4.13. The van der Waals surface area contributed by atoms with E-state index >= 15 is 0 Å². The summed E-state index contributed by atoms with van der Waals surface area (Å²) in [5.41, 5.74) is 0. The Morgan fingerprint density at radius 3 is 3.18 bits per heavy atom. The molecule has 62 valence electrons. The van der Waals surface area contributed by atoms with Crippen LogP contribution in [0, 0.1) is 0 Å². The summed E-state index contributed by atoms with van der Waals surface area (Å²) < 4.78 is 0. The van der Waals surface area contributed by atoms with Gasteiger partial charge in [-0.3, -0.25) is 4.79 Å². The van der Waals surface area contributed by atoms with E-state index in [2.05, 4.69) is 5.32 Å². The van der Waals surface area contributed by atoms with Crippen LogP contribution < -0.4 is 5.32 Å². The maximum atomic E-state index is 11.2. The summed E-state index contributed by atoms with van der Waals surface area (Å²) in [5.74, 6) is 0.0434. The van der Waals surface area contributed by atoms with Crippen LogP contribution in [0.15, 0.2) is 17.5 Å². The van der Waals surface area contributed by atoms with Crippen molar-refractivity contribution in [3.05, 3.63) is 22.4 Å². The SMILES string of the molecule is CCCNC(=O)c1cccs1.[HH]. The molecule has 0 spiro atoms. The Balaban J connectivity index is 0.00000121. The summed E-state index contributed by atoms with van der Waals surface area (Å²) in [6.45, 7) is 2.80. The lowest BCUT2D eigenvalue weighted by atomic mass is 10.4. The molecule has 0 bridgehead atoms. The quantitative estimate of drug-likeness (QED) is 0.741. The van der Waals surface area contributed by atoms with Crippen molar-refractivity contribution in [2.75, 3.05) is 6.54 Å². The molecular formula is C8H13NOS. The Morgan fingerprint density at radius 2 is 2.64 bits per heavy atom. The molecule has 1 aromatic rings. The van der Waals surface area contributed by atoms with Crippen molar-refractivity contribution in [1.82, 2.24) is 5.32 Å². The van der Waals surface area contributed by atoms with Gasteiger partial charge in [-0.05, 0) is 17.9 Å². The fourth-order valence-corrected chi connectivity index (χ4v) is 1.37. The minimum absolute atomic E-state index is 0. The van der Waals surface area contributed by atoms with Crippen molar-refractivity contribution >= 4 is 17.2 Å². The minimum Gasteiger partial charge on any atom is -0.351 e. The van der Waals surface area contributed by atoms with Crippen molar-refractivity contribution in [2.24, 2.45) is 0 Å². The van der Waals surface area contributed by atoms with E-state index in [1.54, 1.807) is 0 Å². The Hall–Kier alpha value is -0.830. The average Bonchev–Trinajstić information content (AvgIpc) is 2.52. The molecule has 3 heteroatoms. The van der Waals surface area contributed by atoms with Crippen LogP contribution in [-0.4, -0.2) is 12.5 Å². The molecule has 0 saturated heterocycles. The molecule has 2 nitrogen and oxygen atoms in total. The van der Waals surface area contributed by atoms with Crippen molar-refractivity contribution in [3.63, 3.8) is 0 Å². The van der Waals surface area contributed by atoms with E-state index in [0.29, 0.717) is 0 Å². The van der Waals surface area contributed by atoms with E-state index in [-0.39, 0.29) is 7.33 Å². The number of nitrogens with one attached hydrogen (secondary N) is 1. The first-order valence-electron chi connectivity index (χ1n) is 3.66. The summed E-state index contributed by atoms with van der Waals surface area (Å²) in [5, 5.41) is 4.71. The summed E-state index contributed by atoms with van der Waals surface area (Å²) in [4.78, 5) is 12.0. The molecule has 1 amide bonds. The maximum absolute atomic E-state index is 11.2. The number of hydrogen-bond acceptors (Lipinski definition) is 2. The van der Waals surface area contributed by atoms with Gasteiger partial charge in [0, 0.05) is 7.97 Å². The normalized spacial score (nSPS) is 9.55. The highest BCUT2D eigenvalue weighted by Crippen LogP contribution is 2.07. The van der Waals surface area contributed by atoms with Crippen molar-refractivity contribution in [2.45, 2.75) is 13.3 Å². The average molecular weight is 171 g/mol. The van der Waals surface area contributed by atoms with Gasteiger partial charge >= 0.3 is 0 Å². The van der Waals surface area contributed by atoms with Crippen LogP contribution in [0.4, 0.5) is 0 Å². The summed E-state index contributed by atoms with van der Waals surface area (Å²) in [6.07, 6.45) is 0.983. The fourth-order valence-electron chi connectivity index (χ4n) is 0.733. The number of carbonyl (C=O) groups excluding carboxylic acids is 1. The van der Waals surface area contributed by atoms with Gasteiger partial charge in [-0.25, -0.2) is 0 Å². The predicted molar refractivity (Wildman–Crippen MR) is 49.1 cm³/mol. The molecule has 0 aromatic carbocycles. The van der Waals surface area contributed by atoms with Gasteiger partial charge in [0.15, 0.2) is 0 Å². The lowest BCUT2D eigenvalue weighted by Gasteiger charge is -1.98. The molecule has 0 unspecified atom stereocenters. The topological polar surface area (TPSA) is 29.1 Å². The molecule has 0 radical (unpaired) electrons. The van der Waals surface area contributed by atoms with Crippen molar-refractivity contribution in [1.29, 1.82) is 0 Å². The first-order chi connectivity index (χ1) is 5.34. The van der Waals surface area contributed by atoms with Gasteiger partial charge in [0.05, 0.1) is 4.88 Å². The standard InChI is InChI=1S/C8H11NOS.H2/c1-2-5-9-8(10)7-4-3-6-11-7;/h3-4,6H,2,5H2,1H3,(H,9,10);1H. The summed E-state index contributed by atoms with van der Waals surface area (Å²) in [6, 6.07) is 3.71. The number of hydrogen-bond donors (Lipinski definition) is 1. The molecule has 0 saturated carbocycles. The first kappa shape index (κ1) is 8.27. The van der Waals surface area contributed by atoms with Gasteiger partial charge in [-0.2, -0.15) is 0 Å². The molecule has 11 heavy (non-hydrogen) atoms. The minimum atomic E-state index is 0. The zero-order valence-corrected chi connectivity index (χ0v) is 7.28. The van der Waals surface area contributed by atoms with Crippen LogP contribution in [-0.2, 0) is 0 Å². The highest BCUT2D eigenvalue weighted by molar-refractivity contribution is 7.12. The zero-order valence-electron chi connectivity index (χ0n) is 6.46. The van der Waals surface area contributed by atoms with Crippen LogP contribution in [0.25, 0.3) is 0 Å². The van der Waals surface area contributed by atoms with Crippen LogP contribution in [0.3, 0.4) is 0 Å². The molecule has 0 aliphatic carbocycles. The number of carbonyl (C=O) groups is 1. The van der Waals surface area contributed by atoms with Gasteiger partial charge < -0.3 is 5.32 Å². The largest absolute Gasteiger partial charge is 0.351 e. The van der Waals surface area contributed by atoms with Crippen LogP contribution in [0.5, 0.6) is 0 Å². The van der Waals surface area contributed by atoms with E-state index in [1.165, 1.54) is 11.3 Å². The second-order valence-electron chi connectivity index (χ2n) is 2.23. The Bertz CT molecular complexity index is 223. The molecule has 1 rings (SSSR count). The molecular weight excluding hydrogens is 158 g/mol. The highest BCUT2D eigenvalue weighted by Gasteiger charge is 2.02. The van der Waals surface area contributed by atoms with Gasteiger partial charge in [-0.15, -0.1) is 11.3 Å². The van der Waals surface area contributed by atoms with Gasteiger partial charge in [0.2, 0.25) is 0 Å². The predicted octanol–water partition coefficient (Wildman–Crippen LogP) is 2.13. The molecule has 1 aromatic heterocycles. The highest BCUT2D eigenvalue weighted by atomic mass is 32.1. The molecule has 0 aliphatic heterocycles. The molecule has 0 aliphatic rings. The van der Waals surface area contributed by atoms with Crippen LogP contribution >= 0.6 is 11.3 Å². The van der Waals surface area contributed by atoms with Gasteiger partial charge in [0.25, 0.3) is 5.91 Å². The van der Waals surface area contributed by atoms with Crippen LogP contribution in [0.2, 0.25) is 0 Å². The van der Waals surface area contributed by atoms with Crippen molar-refractivity contribution in [3.8, 4) is 0 Å². The van der Waals surface area contributed by atoms with E-state index in [1.807, 2.05) is 24.4 Å². The molecule has 1 heterocycles. The Kier molecular flexibility index (Phi) is 3.11. The van der Waals surface area contributed by atoms with E-state index in [9.17, 15) is 4.79 Å². The zero-order chi connectivity index (χ0) is 8.10. The van der Waals surface area contributed by atoms with Crippen LogP contribution in [0.1, 0.15) is 24.4 Å². The molecule has 1 N–H and O–H groups in total. The fraction of sp³-hybridized carbons (Fsp3) is 0.375.